The number of amides is 3. The largest absolute Gasteiger partial charge is 0.490 e. The molecule has 53 heavy (non-hydrogen) atoms. The predicted molar refractivity (Wildman–Crippen MR) is 201 cm³/mol. The molecule has 9 nitrogen and oxygen atoms in total. The molecule has 4 atom stereocenters. The van der Waals surface area contributed by atoms with Crippen molar-refractivity contribution < 1.29 is 37.3 Å². The van der Waals surface area contributed by atoms with Crippen LogP contribution in [0.1, 0.15) is 61.5 Å². The highest BCUT2D eigenvalue weighted by Gasteiger charge is 2.32. The number of anilines is 2. The van der Waals surface area contributed by atoms with Crippen LogP contribution < -0.4 is 15.4 Å². The Morgan fingerprint density at radius 2 is 1.74 bits per heavy atom. The van der Waals surface area contributed by atoms with E-state index in [2.05, 4.69) is 10.6 Å². The van der Waals surface area contributed by atoms with E-state index in [1.807, 2.05) is 68.3 Å². The Morgan fingerprint density at radius 3 is 2.47 bits per heavy atom. The molecule has 0 saturated heterocycles. The number of nitrogens with one attached hydrogen (secondary N) is 2. The summed E-state index contributed by atoms with van der Waals surface area (Å²) >= 11 is 0. The number of halogens is 3. The van der Waals surface area contributed by atoms with Gasteiger partial charge in [-0.3, -0.25) is 9.69 Å². The lowest BCUT2D eigenvalue weighted by Crippen LogP contribution is -2.47. The van der Waals surface area contributed by atoms with Crippen LogP contribution in [0.5, 0.6) is 5.75 Å². The molecule has 12 heteroatoms. The van der Waals surface area contributed by atoms with Crippen LogP contribution in [-0.4, -0.2) is 78.4 Å². The zero-order chi connectivity index (χ0) is 38.1. The number of ether oxygens (including phenoxy) is 2. The van der Waals surface area contributed by atoms with Crippen molar-refractivity contribution in [2.45, 2.75) is 71.0 Å². The number of fused-ring (bicyclic) bond motifs is 2. The van der Waals surface area contributed by atoms with Crippen LogP contribution in [0.25, 0.3) is 10.8 Å². The van der Waals surface area contributed by atoms with E-state index >= 15 is 0 Å². The molecule has 0 unspecified atom stereocenters. The van der Waals surface area contributed by atoms with Crippen molar-refractivity contribution in [2.24, 2.45) is 5.92 Å². The van der Waals surface area contributed by atoms with Gasteiger partial charge in [0.05, 0.1) is 41.7 Å². The van der Waals surface area contributed by atoms with E-state index in [1.54, 1.807) is 30.0 Å². The quantitative estimate of drug-likeness (QED) is 0.168. The summed E-state index contributed by atoms with van der Waals surface area (Å²) in [4.78, 5) is 31.3. The summed E-state index contributed by atoms with van der Waals surface area (Å²) in [6.07, 6.45) is -2.60. The third kappa shape index (κ3) is 10.7. The molecular weight excluding hydrogens is 685 g/mol. The smallest absolute Gasteiger partial charge is 0.416 e. The fraction of sp³-hybridized carbons (Fsp3) is 0.415. The van der Waals surface area contributed by atoms with Gasteiger partial charge in [0.1, 0.15) is 5.75 Å². The second-order valence-corrected chi connectivity index (χ2v) is 14.0. The molecule has 0 aromatic heterocycles. The summed E-state index contributed by atoms with van der Waals surface area (Å²) < 4.78 is 52.1. The second kappa shape index (κ2) is 17.9. The van der Waals surface area contributed by atoms with Gasteiger partial charge in [-0.2, -0.15) is 13.2 Å². The van der Waals surface area contributed by atoms with Crippen LogP contribution in [0.4, 0.5) is 29.3 Å². The summed E-state index contributed by atoms with van der Waals surface area (Å²) in [6, 6.07) is 22.5. The Bertz CT molecular complexity index is 1830. The highest BCUT2D eigenvalue weighted by Crippen LogP contribution is 2.31. The van der Waals surface area contributed by atoms with Crippen molar-refractivity contribution >= 4 is 34.1 Å². The van der Waals surface area contributed by atoms with E-state index in [-0.39, 0.29) is 42.7 Å². The first-order valence-corrected chi connectivity index (χ1v) is 18.1. The summed E-state index contributed by atoms with van der Waals surface area (Å²) in [5, 5.41) is 17.9. The van der Waals surface area contributed by atoms with Crippen molar-refractivity contribution in [2.75, 3.05) is 44.0 Å². The van der Waals surface area contributed by atoms with Crippen molar-refractivity contribution in [3.63, 3.8) is 0 Å². The summed E-state index contributed by atoms with van der Waals surface area (Å²) in [5.41, 5.74) is 1.33. The van der Waals surface area contributed by atoms with Crippen LogP contribution in [0.3, 0.4) is 0 Å². The van der Waals surface area contributed by atoms with Gasteiger partial charge in [0.2, 0.25) is 0 Å². The molecule has 0 saturated carbocycles. The maximum absolute atomic E-state index is 14.5. The number of carbonyl (C=O) groups excluding carboxylic acids is 2. The number of likely N-dealkylation sites (N-methyl/N-ethyl adjacent to an activating group) is 1. The van der Waals surface area contributed by atoms with E-state index in [0.29, 0.717) is 36.8 Å². The van der Waals surface area contributed by atoms with E-state index < -0.39 is 23.8 Å². The normalized spacial score (nSPS) is 19.6. The molecule has 3 N–H and O–H groups in total. The van der Waals surface area contributed by atoms with Crippen LogP contribution in [0.2, 0.25) is 0 Å². The molecule has 4 aromatic rings. The molecule has 0 radical (unpaired) electrons. The topological polar surface area (TPSA) is 103 Å². The van der Waals surface area contributed by atoms with E-state index in [1.165, 1.54) is 12.1 Å². The number of urea groups is 1. The Hall–Kier alpha value is -4.65. The first-order chi connectivity index (χ1) is 25.3. The minimum atomic E-state index is -4.40. The lowest BCUT2D eigenvalue weighted by atomic mass is 10.0. The maximum Gasteiger partial charge on any atom is 0.416 e. The fourth-order valence-electron chi connectivity index (χ4n) is 6.56. The van der Waals surface area contributed by atoms with Crippen LogP contribution in [-0.2, 0) is 17.5 Å². The Balaban J connectivity index is 1.36. The number of carbonyl (C=O) groups is 2. The number of aliphatic hydroxyl groups excluding tert-OH is 1. The van der Waals surface area contributed by atoms with Gasteiger partial charge in [-0.05, 0) is 87.5 Å². The zero-order valence-corrected chi connectivity index (χ0v) is 30.7. The van der Waals surface area contributed by atoms with Crippen LogP contribution >= 0.6 is 0 Å². The van der Waals surface area contributed by atoms with E-state index in [9.17, 15) is 27.9 Å². The van der Waals surface area contributed by atoms with E-state index in [0.717, 1.165) is 47.7 Å². The number of aliphatic hydroxyl groups is 1. The highest BCUT2D eigenvalue weighted by molar-refractivity contribution is 6.07. The van der Waals surface area contributed by atoms with Gasteiger partial charge in [0.25, 0.3) is 5.91 Å². The fourth-order valence-corrected chi connectivity index (χ4v) is 6.56. The summed E-state index contributed by atoms with van der Waals surface area (Å²) in [7, 11) is 1.89. The zero-order valence-electron chi connectivity index (χ0n) is 30.7. The van der Waals surface area contributed by atoms with Gasteiger partial charge >= 0.3 is 12.2 Å². The molecule has 4 aromatic carbocycles. The number of hydrogen-bond acceptors (Lipinski definition) is 6. The third-order valence-corrected chi connectivity index (χ3v) is 9.57. The Kier molecular flexibility index (Phi) is 13.4. The molecule has 5 rings (SSSR count). The predicted octanol–water partition coefficient (Wildman–Crippen LogP) is 8.43. The first kappa shape index (κ1) is 39.6. The molecule has 284 valence electrons. The average Bonchev–Trinajstić information content (AvgIpc) is 3.12. The number of hydrogen-bond donors (Lipinski definition) is 3. The standard InChI is InChI=1S/C41H49F3N4O5/c1-27-23-48(28(2)26-49)39(50)35-22-33(45-40(51)46-36-14-9-12-31-11-5-6-13-34(31)36)19-20-37(35)53-29(3)10-7-8-21-52-38(27)25-47(4)24-30-15-17-32(18-16-30)41(42,43)44/h5-6,9,11-20,22,27-29,38,49H,7-8,10,21,23-26H2,1-4H3,(H2,45,46,51)/t27-,28+,29+,38-/m0/s1. The lowest BCUT2D eigenvalue weighted by molar-refractivity contribution is -0.137. The van der Waals surface area contributed by atoms with Gasteiger partial charge in [-0.1, -0.05) is 55.5 Å². The molecule has 0 bridgehead atoms. The monoisotopic (exact) mass is 734 g/mol. The lowest BCUT2D eigenvalue weighted by Gasteiger charge is -2.36. The number of benzene rings is 4. The highest BCUT2D eigenvalue weighted by atomic mass is 19.4. The third-order valence-electron chi connectivity index (χ3n) is 9.57. The van der Waals surface area contributed by atoms with Gasteiger partial charge in [-0.15, -0.1) is 0 Å². The van der Waals surface area contributed by atoms with Gasteiger partial charge in [0, 0.05) is 43.2 Å². The summed E-state index contributed by atoms with van der Waals surface area (Å²) in [5.74, 6) is -0.180. The molecule has 0 spiro atoms. The van der Waals surface area contributed by atoms with Gasteiger partial charge in [0.15, 0.2) is 0 Å². The van der Waals surface area contributed by atoms with E-state index in [4.69, 9.17) is 9.47 Å². The Morgan fingerprint density at radius 1 is 1.00 bits per heavy atom. The molecular formula is C41H49F3N4O5. The van der Waals surface area contributed by atoms with Gasteiger partial charge < -0.3 is 30.1 Å². The molecule has 1 aliphatic rings. The number of nitrogens with zero attached hydrogens (tertiary/aromatic N) is 2. The minimum absolute atomic E-state index is 0.193. The molecule has 1 aliphatic heterocycles. The van der Waals surface area contributed by atoms with Crippen LogP contribution in [0.15, 0.2) is 84.9 Å². The maximum atomic E-state index is 14.5. The molecule has 3 amide bonds. The Labute approximate surface area is 309 Å². The molecule has 0 aliphatic carbocycles. The second-order valence-electron chi connectivity index (χ2n) is 14.0. The van der Waals surface area contributed by atoms with Crippen molar-refractivity contribution in [1.82, 2.24) is 9.80 Å². The minimum Gasteiger partial charge on any atom is -0.490 e. The van der Waals surface area contributed by atoms with Crippen molar-refractivity contribution in [1.29, 1.82) is 0 Å². The molecule has 1 heterocycles. The average molecular weight is 735 g/mol. The van der Waals surface area contributed by atoms with Gasteiger partial charge in [-0.25, -0.2) is 4.79 Å². The number of alkyl halides is 3. The molecule has 0 fully saturated rings. The number of rotatable bonds is 8. The van der Waals surface area contributed by atoms with Crippen LogP contribution in [0, 0.1) is 5.92 Å². The van der Waals surface area contributed by atoms with Crippen molar-refractivity contribution in [3.05, 3.63) is 102 Å². The first-order valence-electron chi connectivity index (χ1n) is 18.1. The summed E-state index contributed by atoms with van der Waals surface area (Å²) in [6.45, 7) is 7.03. The van der Waals surface area contributed by atoms with Crippen molar-refractivity contribution in [3.8, 4) is 5.75 Å². The SMILES string of the molecule is C[C@@H]1CCCCO[C@@H](CN(C)Cc2ccc(C(F)(F)F)cc2)[C@@H](C)CN([C@H](C)CO)C(=O)c2cc(NC(=O)Nc3cccc4ccccc34)ccc2O1.